The van der Waals surface area contributed by atoms with Gasteiger partial charge in [0, 0.05) is 25.1 Å². The van der Waals surface area contributed by atoms with Crippen LogP contribution in [0.2, 0.25) is 0 Å². The monoisotopic (exact) mass is 217 g/mol. The van der Waals surface area contributed by atoms with Crippen LogP contribution in [-0.2, 0) is 13.5 Å². The fraction of sp³-hybridized carbons (Fsp3) is 0.429. The Morgan fingerprint density at radius 3 is 2.62 bits per heavy atom. The van der Waals surface area contributed by atoms with Crippen molar-refractivity contribution in [1.29, 1.82) is 0 Å². The molecule has 0 bridgehead atoms. The molecule has 0 aliphatic carbocycles. The van der Waals surface area contributed by atoms with Crippen LogP contribution in [0.1, 0.15) is 25.0 Å². The van der Waals surface area contributed by atoms with Crippen molar-refractivity contribution in [3.63, 3.8) is 0 Å². The van der Waals surface area contributed by atoms with Gasteiger partial charge in [0.2, 0.25) is 0 Å². The lowest BCUT2D eigenvalue weighted by molar-refractivity contribution is 0.0813. The van der Waals surface area contributed by atoms with Gasteiger partial charge in [0.05, 0.1) is 11.1 Å². The first-order valence-electron chi connectivity index (χ1n) is 5.64. The van der Waals surface area contributed by atoms with Gasteiger partial charge in [-0.25, -0.2) is 0 Å². The van der Waals surface area contributed by atoms with Crippen LogP contribution in [0.3, 0.4) is 0 Å². The summed E-state index contributed by atoms with van der Waals surface area (Å²) in [6.07, 6.45) is 2.81. The summed E-state index contributed by atoms with van der Waals surface area (Å²) < 4.78 is 2.14. The van der Waals surface area contributed by atoms with Crippen molar-refractivity contribution in [2.75, 3.05) is 0 Å². The highest BCUT2D eigenvalue weighted by Gasteiger charge is 2.17. The number of fused-ring (bicyclic) bond motifs is 1. The fourth-order valence-corrected chi connectivity index (χ4v) is 2.36. The normalized spacial score (nSPS) is 12.3. The van der Waals surface area contributed by atoms with E-state index < -0.39 is 5.60 Å². The van der Waals surface area contributed by atoms with Crippen LogP contribution < -0.4 is 0 Å². The second-order valence-corrected chi connectivity index (χ2v) is 5.23. The van der Waals surface area contributed by atoms with Gasteiger partial charge < -0.3 is 9.67 Å². The molecule has 0 atom stereocenters. The summed E-state index contributed by atoms with van der Waals surface area (Å²) in [6.45, 7) is 5.82. The third kappa shape index (κ3) is 1.98. The van der Waals surface area contributed by atoms with Gasteiger partial charge in [0.1, 0.15) is 0 Å². The molecule has 0 fully saturated rings. The van der Waals surface area contributed by atoms with Gasteiger partial charge in [0.15, 0.2) is 0 Å². The smallest absolute Gasteiger partial charge is 0.0632 e. The van der Waals surface area contributed by atoms with E-state index in [1.54, 1.807) is 0 Å². The number of rotatable bonds is 2. The zero-order chi connectivity index (χ0) is 11.9. The molecule has 0 radical (unpaired) electrons. The third-order valence-corrected chi connectivity index (χ3v) is 2.91. The summed E-state index contributed by atoms with van der Waals surface area (Å²) >= 11 is 0. The van der Waals surface area contributed by atoms with Crippen LogP contribution in [0.25, 0.3) is 10.9 Å². The number of benzene rings is 1. The van der Waals surface area contributed by atoms with Crippen LogP contribution in [0, 0.1) is 6.92 Å². The van der Waals surface area contributed by atoms with Crippen molar-refractivity contribution in [3.8, 4) is 0 Å². The lowest BCUT2D eigenvalue weighted by atomic mass is 9.98. The van der Waals surface area contributed by atoms with Crippen LogP contribution >= 0.6 is 0 Å². The van der Waals surface area contributed by atoms with Crippen LogP contribution in [0.5, 0.6) is 0 Å². The van der Waals surface area contributed by atoms with E-state index in [1.807, 2.05) is 13.8 Å². The molecule has 1 aromatic carbocycles. The van der Waals surface area contributed by atoms with E-state index in [9.17, 15) is 5.11 Å². The summed E-state index contributed by atoms with van der Waals surface area (Å²) in [5.41, 5.74) is 3.11. The fourth-order valence-electron chi connectivity index (χ4n) is 2.36. The molecule has 0 saturated heterocycles. The number of aliphatic hydroxyl groups is 1. The van der Waals surface area contributed by atoms with Gasteiger partial charge in [0.25, 0.3) is 0 Å². The molecule has 0 amide bonds. The van der Waals surface area contributed by atoms with Crippen LogP contribution in [-0.4, -0.2) is 15.3 Å². The van der Waals surface area contributed by atoms with Gasteiger partial charge in [-0.3, -0.25) is 0 Å². The quantitative estimate of drug-likeness (QED) is 0.822. The van der Waals surface area contributed by atoms with Crippen molar-refractivity contribution >= 4 is 10.9 Å². The molecule has 0 aliphatic heterocycles. The molecule has 16 heavy (non-hydrogen) atoms. The molecule has 1 heterocycles. The predicted molar refractivity (Wildman–Crippen MR) is 67.7 cm³/mol. The Bertz CT molecular complexity index is 517. The maximum absolute atomic E-state index is 9.90. The molecule has 1 N–H and O–H groups in total. The lowest BCUT2D eigenvalue weighted by Crippen LogP contribution is -2.21. The standard InChI is InChI=1S/C14H19NO/c1-10-6-5-7-12-11(8-14(2,3)16)9-15(4)13(10)12/h5-7,9,16H,8H2,1-4H3. The molecule has 2 nitrogen and oxygen atoms in total. The maximum Gasteiger partial charge on any atom is 0.0632 e. The molecule has 0 spiro atoms. The van der Waals surface area contributed by atoms with Crippen molar-refractivity contribution in [1.82, 2.24) is 4.57 Å². The average molecular weight is 217 g/mol. The van der Waals surface area contributed by atoms with Gasteiger partial charge in [-0.05, 0) is 31.9 Å². The molecule has 2 heteroatoms. The van der Waals surface area contributed by atoms with Gasteiger partial charge in [-0.2, -0.15) is 0 Å². The average Bonchev–Trinajstić information content (AvgIpc) is 2.42. The summed E-state index contributed by atoms with van der Waals surface area (Å²) in [7, 11) is 2.06. The van der Waals surface area contributed by atoms with Crippen LogP contribution in [0.15, 0.2) is 24.4 Å². The molecule has 0 saturated carbocycles. The number of hydrogen-bond acceptors (Lipinski definition) is 1. The number of hydrogen-bond donors (Lipinski definition) is 1. The minimum absolute atomic E-state index is 0.655. The van der Waals surface area contributed by atoms with E-state index in [2.05, 4.69) is 42.9 Å². The molecule has 2 aromatic rings. The number of aryl methyl sites for hydroxylation is 2. The summed E-state index contributed by atoms with van der Waals surface area (Å²) in [4.78, 5) is 0. The summed E-state index contributed by atoms with van der Waals surface area (Å²) in [5, 5.41) is 11.2. The van der Waals surface area contributed by atoms with E-state index in [1.165, 1.54) is 22.0 Å². The zero-order valence-electron chi connectivity index (χ0n) is 10.4. The molecule has 1 aromatic heterocycles. The Morgan fingerprint density at radius 2 is 2.00 bits per heavy atom. The van der Waals surface area contributed by atoms with Gasteiger partial charge in [-0.1, -0.05) is 18.2 Å². The van der Waals surface area contributed by atoms with E-state index in [-0.39, 0.29) is 0 Å². The number of nitrogens with zero attached hydrogens (tertiary/aromatic N) is 1. The highest BCUT2D eigenvalue weighted by molar-refractivity contribution is 5.86. The molecule has 2 rings (SSSR count). The third-order valence-electron chi connectivity index (χ3n) is 2.91. The van der Waals surface area contributed by atoms with Crippen molar-refractivity contribution in [3.05, 3.63) is 35.5 Å². The van der Waals surface area contributed by atoms with Crippen molar-refractivity contribution in [2.24, 2.45) is 7.05 Å². The minimum Gasteiger partial charge on any atom is -0.390 e. The second-order valence-electron chi connectivity index (χ2n) is 5.23. The first-order valence-corrected chi connectivity index (χ1v) is 5.64. The molecule has 0 aliphatic rings. The summed E-state index contributed by atoms with van der Waals surface area (Å²) in [6, 6.07) is 6.32. The van der Waals surface area contributed by atoms with E-state index in [0.29, 0.717) is 6.42 Å². The molecular formula is C14H19NO. The Kier molecular flexibility index (Phi) is 2.55. The Hall–Kier alpha value is -1.28. The molecule has 86 valence electrons. The van der Waals surface area contributed by atoms with E-state index in [0.717, 1.165) is 0 Å². The minimum atomic E-state index is -0.655. The number of para-hydroxylation sites is 1. The number of aromatic nitrogens is 1. The maximum atomic E-state index is 9.90. The molecule has 0 unspecified atom stereocenters. The predicted octanol–water partition coefficient (Wildman–Crippen LogP) is 2.80. The van der Waals surface area contributed by atoms with Gasteiger partial charge in [-0.15, -0.1) is 0 Å². The largest absolute Gasteiger partial charge is 0.390 e. The highest BCUT2D eigenvalue weighted by atomic mass is 16.3. The Balaban J connectivity index is 2.60. The van der Waals surface area contributed by atoms with E-state index >= 15 is 0 Å². The highest BCUT2D eigenvalue weighted by Crippen LogP contribution is 2.26. The van der Waals surface area contributed by atoms with Crippen molar-refractivity contribution in [2.45, 2.75) is 32.8 Å². The lowest BCUT2D eigenvalue weighted by Gasteiger charge is -2.16. The Labute approximate surface area is 96.5 Å². The van der Waals surface area contributed by atoms with Crippen molar-refractivity contribution < 1.29 is 5.11 Å². The Morgan fingerprint density at radius 1 is 1.31 bits per heavy atom. The topological polar surface area (TPSA) is 25.2 Å². The second kappa shape index (κ2) is 3.63. The first kappa shape index (κ1) is 11.2. The first-order chi connectivity index (χ1) is 7.38. The van der Waals surface area contributed by atoms with Gasteiger partial charge >= 0.3 is 0 Å². The van der Waals surface area contributed by atoms with E-state index in [4.69, 9.17) is 0 Å². The van der Waals surface area contributed by atoms with Crippen LogP contribution in [0.4, 0.5) is 0 Å². The zero-order valence-corrected chi connectivity index (χ0v) is 10.4. The summed E-state index contributed by atoms with van der Waals surface area (Å²) in [5.74, 6) is 0. The SMILES string of the molecule is Cc1cccc2c(CC(C)(C)O)cn(C)c12. The molecular weight excluding hydrogens is 198 g/mol.